The summed E-state index contributed by atoms with van der Waals surface area (Å²) in [6, 6.07) is 15.7. The number of aliphatic carboxylic acids is 1. The number of rotatable bonds is 3. The molecule has 0 heterocycles. The normalized spacial score (nSPS) is 19.2. The molecule has 132 valence electrons. The molecule has 26 heavy (non-hydrogen) atoms. The molecule has 0 bridgehead atoms. The zero-order chi connectivity index (χ0) is 18.3. The smallest absolute Gasteiger partial charge is 0.324 e. The lowest BCUT2D eigenvalue weighted by atomic mass is 9.78. The first kappa shape index (κ1) is 16.5. The van der Waals surface area contributed by atoms with Gasteiger partial charge >= 0.3 is 5.97 Å². The highest BCUT2D eigenvalue weighted by Crippen LogP contribution is 2.32. The van der Waals surface area contributed by atoms with E-state index in [0.717, 1.165) is 21.9 Å². The van der Waals surface area contributed by atoms with Gasteiger partial charge in [-0.2, -0.15) is 0 Å². The second-order valence-corrected chi connectivity index (χ2v) is 6.82. The molecule has 1 unspecified atom stereocenters. The zero-order valence-corrected chi connectivity index (χ0v) is 14.0. The number of aryl methyl sites for hydroxylation is 1. The molecule has 5 heteroatoms. The lowest BCUT2D eigenvalue weighted by Gasteiger charge is -2.30. The van der Waals surface area contributed by atoms with Crippen LogP contribution in [0.2, 0.25) is 0 Å². The predicted octanol–water partition coefficient (Wildman–Crippen LogP) is 4.04. The van der Waals surface area contributed by atoms with Crippen LogP contribution in [-0.4, -0.2) is 16.6 Å². The van der Waals surface area contributed by atoms with E-state index in [1.54, 1.807) is 12.1 Å². The zero-order valence-electron chi connectivity index (χ0n) is 14.0. The van der Waals surface area contributed by atoms with E-state index in [1.807, 2.05) is 30.3 Å². The first-order valence-electron chi connectivity index (χ1n) is 8.44. The Morgan fingerprint density at radius 1 is 1.00 bits per heavy atom. The highest BCUT2D eigenvalue weighted by atomic mass is 19.1. The molecular weight excluding hydrogens is 333 g/mol. The maximum atomic E-state index is 13.3. The van der Waals surface area contributed by atoms with Gasteiger partial charge in [-0.1, -0.05) is 18.2 Å². The Hall–Kier alpha value is -2.92. The van der Waals surface area contributed by atoms with Crippen LogP contribution in [0.1, 0.15) is 17.5 Å². The van der Waals surface area contributed by atoms with Crippen LogP contribution < -0.4 is 10.5 Å². The minimum atomic E-state index is -1.22. The van der Waals surface area contributed by atoms with Gasteiger partial charge in [0.15, 0.2) is 0 Å². The lowest BCUT2D eigenvalue weighted by molar-refractivity contribution is -0.143. The standard InChI is InChI=1S/C21H18FNO3/c22-17-4-1-15-10-18(6-3-14(15)9-17)26-19-5-2-13-7-8-21(23,20(24)25)12-16(13)11-19/h1-6,9-11H,7-8,12,23H2,(H,24,25). The summed E-state index contributed by atoms with van der Waals surface area (Å²) in [5.41, 5.74) is 6.81. The monoisotopic (exact) mass is 351 g/mol. The maximum Gasteiger partial charge on any atom is 0.324 e. The van der Waals surface area contributed by atoms with Gasteiger partial charge in [0.2, 0.25) is 0 Å². The van der Waals surface area contributed by atoms with Crippen LogP contribution in [0, 0.1) is 5.82 Å². The van der Waals surface area contributed by atoms with Gasteiger partial charge in [0.25, 0.3) is 0 Å². The van der Waals surface area contributed by atoms with Crippen LogP contribution in [0.25, 0.3) is 10.8 Å². The number of nitrogens with two attached hydrogens (primary N) is 1. The van der Waals surface area contributed by atoms with Crippen LogP contribution in [0.3, 0.4) is 0 Å². The Balaban J connectivity index is 1.62. The molecule has 0 spiro atoms. The second-order valence-electron chi connectivity index (χ2n) is 6.82. The molecule has 4 rings (SSSR count). The van der Waals surface area contributed by atoms with E-state index in [0.29, 0.717) is 24.3 Å². The largest absolute Gasteiger partial charge is 0.480 e. The van der Waals surface area contributed by atoms with Crippen molar-refractivity contribution in [2.75, 3.05) is 0 Å². The molecule has 3 aromatic rings. The van der Waals surface area contributed by atoms with Gasteiger partial charge in [-0.15, -0.1) is 0 Å². The third kappa shape index (κ3) is 3.02. The fraction of sp³-hybridized carbons (Fsp3) is 0.190. The molecule has 0 radical (unpaired) electrons. The summed E-state index contributed by atoms with van der Waals surface area (Å²) in [4.78, 5) is 11.4. The molecule has 1 aliphatic rings. The molecule has 3 aromatic carbocycles. The highest BCUT2D eigenvalue weighted by molar-refractivity contribution is 5.84. The Kier molecular flexibility index (Phi) is 3.89. The van der Waals surface area contributed by atoms with Crippen LogP contribution in [0.4, 0.5) is 4.39 Å². The van der Waals surface area contributed by atoms with Crippen LogP contribution in [0.15, 0.2) is 54.6 Å². The number of benzene rings is 3. The van der Waals surface area contributed by atoms with Gasteiger partial charge in [0, 0.05) is 6.42 Å². The van der Waals surface area contributed by atoms with Crippen molar-refractivity contribution in [3.05, 3.63) is 71.5 Å². The van der Waals surface area contributed by atoms with Gasteiger partial charge in [-0.25, -0.2) is 4.39 Å². The number of halogens is 1. The van der Waals surface area contributed by atoms with E-state index in [9.17, 15) is 14.3 Å². The molecule has 0 amide bonds. The summed E-state index contributed by atoms with van der Waals surface area (Å²) in [5.74, 6) is 0.0118. The fourth-order valence-corrected chi connectivity index (χ4v) is 3.44. The number of ether oxygens (including phenoxy) is 1. The number of carboxylic acids is 1. The molecule has 0 fully saturated rings. The number of fused-ring (bicyclic) bond motifs is 2. The predicted molar refractivity (Wildman–Crippen MR) is 97.0 cm³/mol. The molecule has 0 aliphatic heterocycles. The average Bonchev–Trinajstić information content (AvgIpc) is 2.61. The van der Waals surface area contributed by atoms with E-state index >= 15 is 0 Å². The Morgan fingerprint density at radius 3 is 2.50 bits per heavy atom. The molecule has 1 aliphatic carbocycles. The summed E-state index contributed by atoms with van der Waals surface area (Å²) < 4.78 is 19.2. The van der Waals surface area contributed by atoms with E-state index in [4.69, 9.17) is 10.5 Å². The van der Waals surface area contributed by atoms with Gasteiger partial charge in [-0.3, -0.25) is 4.79 Å². The maximum absolute atomic E-state index is 13.3. The van der Waals surface area contributed by atoms with Gasteiger partial charge in [-0.05, 0) is 71.1 Å². The number of hydrogen-bond donors (Lipinski definition) is 2. The Morgan fingerprint density at radius 2 is 1.69 bits per heavy atom. The topological polar surface area (TPSA) is 72.6 Å². The quantitative estimate of drug-likeness (QED) is 0.747. The second kappa shape index (κ2) is 6.11. The van der Waals surface area contributed by atoms with Gasteiger partial charge < -0.3 is 15.6 Å². The number of hydrogen-bond acceptors (Lipinski definition) is 3. The van der Waals surface area contributed by atoms with E-state index in [-0.39, 0.29) is 12.2 Å². The molecule has 0 saturated heterocycles. The highest BCUT2D eigenvalue weighted by Gasteiger charge is 2.37. The van der Waals surface area contributed by atoms with Crippen molar-refractivity contribution in [1.82, 2.24) is 0 Å². The van der Waals surface area contributed by atoms with Gasteiger partial charge in [0.05, 0.1) is 0 Å². The minimum Gasteiger partial charge on any atom is -0.480 e. The van der Waals surface area contributed by atoms with Crippen molar-refractivity contribution in [1.29, 1.82) is 0 Å². The van der Waals surface area contributed by atoms with Crippen molar-refractivity contribution < 1.29 is 19.0 Å². The SMILES string of the molecule is NC1(C(=O)O)CCc2ccc(Oc3ccc4cc(F)ccc4c3)cc2C1. The fourth-order valence-electron chi connectivity index (χ4n) is 3.44. The Labute approximate surface area is 150 Å². The van der Waals surface area contributed by atoms with E-state index in [2.05, 4.69) is 0 Å². The van der Waals surface area contributed by atoms with Crippen molar-refractivity contribution in [3.63, 3.8) is 0 Å². The van der Waals surface area contributed by atoms with Crippen molar-refractivity contribution in [3.8, 4) is 11.5 Å². The summed E-state index contributed by atoms with van der Waals surface area (Å²) >= 11 is 0. The molecule has 1 atom stereocenters. The van der Waals surface area contributed by atoms with Crippen molar-refractivity contribution >= 4 is 16.7 Å². The minimum absolute atomic E-state index is 0.274. The first-order chi connectivity index (χ1) is 12.4. The Bertz CT molecular complexity index is 1020. The van der Waals surface area contributed by atoms with E-state index < -0.39 is 11.5 Å². The molecule has 0 saturated carbocycles. The molecule has 4 nitrogen and oxygen atoms in total. The molecular formula is C21H18FNO3. The first-order valence-corrected chi connectivity index (χ1v) is 8.44. The summed E-state index contributed by atoms with van der Waals surface area (Å²) in [7, 11) is 0. The summed E-state index contributed by atoms with van der Waals surface area (Å²) in [6.45, 7) is 0. The van der Waals surface area contributed by atoms with Crippen molar-refractivity contribution in [2.24, 2.45) is 5.73 Å². The molecule has 3 N–H and O–H groups in total. The average molecular weight is 351 g/mol. The summed E-state index contributed by atoms with van der Waals surface area (Å²) in [5, 5.41) is 11.1. The van der Waals surface area contributed by atoms with Crippen LogP contribution in [0.5, 0.6) is 11.5 Å². The third-order valence-electron chi connectivity index (χ3n) is 4.96. The molecule has 0 aromatic heterocycles. The van der Waals surface area contributed by atoms with Crippen molar-refractivity contribution in [2.45, 2.75) is 24.8 Å². The number of carbonyl (C=O) groups is 1. The van der Waals surface area contributed by atoms with E-state index in [1.165, 1.54) is 12.1 Å². The number of carboxylic acid groups (broad SMARTS) is 1. The van der Waals surface area contributed by atoms with Gasteiger partial charge in [0.1, 0.15) is 22.9 Å². The third-order valence-corrected chi connectivity index (χ3v) is 4.96. The van der Waals surface area contributed by atoms with Crippen LogP contribution in [-0.2, 0) is 17.6 Å². The summed E-state index contributed by atoms with van der Waals surface area (Å²) in [6.07, 6.45) is 1.35. The lowest BCUT2D eigenvalue weighted by Crippen LogP contribution is -2.52. The van der Waals surface area contributed by atoms with Crippen LogP contribution >= 0.6 is 0 Å².